The number of H-pyrrole nitrogens is 2. The van der Waals surface area contributed by atoms with Gasteiger partial charge in [-0.15, -0.1) is 5.10 Å². The maximum absolute atomic E-state index is 14.7. The van der Waals surface area contributed by atoms with Gasteiger partial charge in [0, 0.05) is 81.9 Å². The van der Waals surface area contributed by atoms with Gasteiger partial charge in [0.05, 0.1) is 45.7 Å². The van der Waals surface area contributed by atoms with Crippen molar-refractivity contribution in [1.82, 2.24) is 84.1 Å². The standard InChI is InChI=1S/C76H121N19O15/c1-3-4-29-59(85-69(100)52-110-46-44-108-42-40-82-68(99)51-109-45-43-107-41-39-81-66(97)34-20-15-13-11-9-7-5-6-8-10-12-14-19-33-65-92-94-95-93-65)70(101)88-61-35-36-67(98)80-37-24-23-30-57(53(2)96)86-74(105)63(48-55-50-84-58-31-22-21-28-56(55)58)90-71(102)60(32-25-38-83-76(78)79)87-73(104)62(47-54-26-17-16-18-27-54)89-75(106)64(49-77)91-72(61)103/h16-18,21-22,26-28,31,50,57,59-64,84H,3-15,19-20,23-25,29-30,32-49,51-52,77H2,1-2H3,(H,80,98)(H,81,97)(H,82,99)(H,85,100)(H,86,105)(H,87,104)(H,88,101)(H,89,106)(H,90,102)(H,91,103)(H4,78,79,83)(H,92,93,94,95)/t57-,59-,60-,61-,62+,63-,64-/m0/s1. The average Bonchev–Trinajstić information content (AvgIpc) is 1.62. The maximum Gasteiger partial charge on any atom is 0.246 e. The lowest BCUT2D eigenvalue weighted by atomic mass is 10.0. The number of unbranched alkanes of at least 4 members (excludes halogenated alkanes) is 13. The molecule has 0 spiro atoms. The molecule has 34 nitrogen and oxygen atoms in total. The summed E-state index contributed by atoms with van der Waals surface area (Å²) in [5.74, 6) is -6.27. The van der Waals surface area contributed by atoms with E-state index in [2.05, 4.69) is 84.1 Å². The van der Waals surface area contributed by atoms with Crippen LogP contribution in [0.3, 0.4) is 0 Å². The van der Waals surface area contributed by atoms with Crippen LogP contribution in [0.5, 0.6) is 0 Å². The van der Waals surface area contributed by atoms with Crippen molar-refractivity contribution in [3.8, 4) is 0 Å². The lowest BCUT2D eigenvalue weighted by molar-refractivity contribution is -0.136. The number of benzene rings is 2. The minimum atomic E-state index is -1.53. The summed E-state index contributed by atoms with van der Waals surface area (Å²) in [4.78, 5) is 155. The van der Waals surface area contributed by atoms with Crippen LogP contribution < -0.4 is 70.0 Å². The Labute approximate surface area is 644 Å². The van der Waals surface area contributed by atoms with Crippen molar-refractivity contribution < 1.29 is 71.7 Å². The summed E-state index contributed by atoms with van der Waals surface area (Å²) < 4.78 is 22.0. The van der Waals surface area contributed by atoms with E-state index in [1.165, 1.54) is 64.7 Å². The number of aromatic amines is 2. The zero-order valence-electron chi connectivity index (χ0n) is 64.2. The number of carbonyl (C=O) groups excluding carboxylic acids is 11. The number of ether oxygens (including phenoxy) is 4. The fraction of sp³-hybridized carbons (Fsp3) is 0.645. The zero-order valence-corrected chi connectivity index (χ0v) is 64.2. The molecule has 0 saturated carbocycles. The zero-order chi connectivity index (χ0) is 79.4. The fourth-order valence-electron chi connectivity index (χ4n) is 12.3. The highest BCUT2D eigenvalue weighted by Crippen LogP contribution is 2.21. The van der Waals surface area contributed by atoms with Crippen LogP contribution in [-0.2, 0) is 90.9 Å². The number of fused-ring (bicyclic) bond motifs is 1. The largest absolute Gasteiger partial charge is 0.377 e. The van der Waals surface area contributed by atoms with Gasteiger partial charge < -0.3 is 93.9 Å². The second kappa shape index (κ2) is 55.0. The second-order valence-electron chi connectivity index (χ2n) is 27.6. The molecule has 3 heterocycles. The van der Waals surface area contributed by atoms with Gasteiger partial charge in [0.1, 0.15) is 55.3 Å². The molecule has 1 saturated heterocycles. The Hall–Kier alpha value is -9.51. The Morgan fingerprint density at radius 1 is 0.600 bits per heavy atom. The van der Waals surface area contributed by atoms with E-state index in [9.17, 15) is 52.7 Å². The summed E-state index contributed by atoms with van der Waals surface area (Å²) in [7, 11) is 0. The van der Waals surface area contributed by atoms with Crippen molar-refractivity contribution in [1.29, 1.82) is 5.41 Å². The predicted molar refractivity (Wildman–Crippen MR) is 412 cm³/mol. The predicted octanol–water partition coefficient (Wildman–Crippen LogP) is 1.94. The number of amides is 10. The number of tetrazole rings is 1. The molecule has 34 heteroatoms. The molecular weight excluding hydrogens is 1420 g/mol. The Balaban J connectivity index is 1.06. The normalized spacial score (nSPS) is 18.2. The highest BCUT2D eigenvalue weighted by Gasteiger charge is 2.35. The molecule has 2 aromatic carbocycles. The Morgan fingerprint density at radius 2 is 1.18 bits per heavy atom. The van der Waals surface area contributed by atoms with Gasteiger partial charge in [-0.1, -0.05) is 139 Å². The number of guanidine groups is 1. The van der Waals surface area contributed by atoms with E-state index < -0.39 is 103 Å². The van der Waals surface area contributed by atoms with Crippen molar-refractivity contribution in [3.63, 3.8) is 0 Å². The van der Waals surface area contributed by atoms with Crippen LogP contribution in [0, 0.1) is 5.41 Å². The molecule has 10 amide bonds. The van der Waals surface area contributed by atoms with Crippen LogP contribution in [0.4, 0.5) is 0 Å². The highest BCUT2D eigenvalue weighted by atomic mass is 16.5. The summed E-state index contributed by atoms with van der Waals surface area (Å²) in [5.41, 5.74) is 13.8. The molecule has 0 bridgehead atoms. The van der Waals surface area contributed by atoms with E-state index in [4.69, 9.17) is 35.8 Å². The second-order valence-corrected chi connectivity index (χ2v) is 27.6. The minimum absolute atomic E-state index is 0.00633. The number of Topliss-reactive ketones (excluding diaryl/α,β-unsaturated/α-hetero) is 1. The number of carbonyl (C=O) groups is 11. The summed E-state index contributed by atoms with van der Waals surface area (Å²) in [6, 6.07) is 6.74. The molecule has 110 heavy (non-hydrogen) atoms. The first kappa shape index (κ1) is 91.1. The van der Waals surface area contributed by atoms with Gasteiger partial charge in [0.2, 0.25) is 59.1 Å². The van der Waals surface area contributed by atoms with Gasteiger partial charge in [-0.05, 0) is 92.3 Å². The minimum Gasteiger partial charge on any atom is -0.377 e. The molecule has 1 aliphatic heterocycles. The molecule has 4 aromatic rings. The Kier molecular flexibility index (Phi) is 45.5. The quantitative estimate of drug-likeness (QED) is 0.0171. The third kappa shape index (κ3) is 38.7. The summed E-state index contributed by atoms with van der Waals surface area (Å²) in [5, 5.41) is 52.5. The molecule has 5 rings (SSSR count). The van der Waals surface area contributed by atoms with Crippen molar-refractivity contribution >= 4 is 81.7 Å². The summed E-state index contributed by atoms with van der Waals surface area (Å²) in [6.45, 7) is 3.78. The van der Waals surface area contributed by atoms with Crippen LogP contribution in [-0.4, -0.2) is 224 Å². The van der Waals surface area contributed by atoms with E-state index in [-0.39, 0.29) is 134 Å². The smallest absolute Gasteiger partial charge is 0.246 e. The van der Waals surface area contributed by atoms with Crippen LogP contribution in [0.1, 0.15) is 185 Å². The monoisotopic (exact) mass is 1540 g/mol. The third-order valence-electron chi connectivity index (χ3n) is 18.5. The van der Waals surface area contributed by atoms with Crippen molar-refractivity contribution in [3.05, 3.63) is 77.7 Å². The van der Waals surface area contributed by atoms with Crippen molar-refractivity contribution in [2.75, 3.05) is 85.6 Å². The van der Waals surface area contributed by atoms with Gasteiger partial charge >= 0.3 is 0 Å². The lowest BCUT2D eigenvalue weighted by Gasteiger charge is -2.28. The molecule has 18 N–H and O–H groups in total. The van der Waals surface area contributed by atoms with E-state index in [1.807, 2.05) is 31.2 Å². The van der Waals surface area contributed by atoms with E-state index in [0.29, 0.717) is 56.4 Å². The number of hydrogen-bond donors (Lipinski definition) is 16. The Bertz CT molecular complexity index is 3400. The van der Waals surface area contributed by atoms with Crippen molar-refractivity contribution in [2.24, 2.45) is 11.5 Å². The maximum atomic E-state index is 14.7. The number of nitrogens with zero attached hydrogens (tertiary/aromatic N) is 3. The van der Waals surface area contributed by atoms with Crippen molar-refractivity contribution in [2.45, 2.75) is 230 Å². The first-order valence-electron chi connectivity index (χ1n) is 39.2. The van der Waals surface area contributed by atoms with E-state index >= 15 is 0 Å². The van der Waals surface area contributed by atoms with Crippen LogP contribution >= 0.6 is 0 Å². The van der Waals surface area contributed by atoms with Crippen LogP contribution in [0.25, 0.3) is 10.9 Å². The molecule has 610 valence electrons. The Morgan fingerprint density at radius 3 is 1.83 bits per heavy atom. The molecule has 1 fully saturated rings. The average molecular weight is 1540 g/mol. The summed E-state index contributed by atoms with van der Waals surface area (Å²) in [6.07, 6.45) is 20.1. The van der Waals surface area contributed by atoms with Gasteiger partial charge in [0.25, 0.3) is 0 Å². The van der Waals surface area contributed by atoms with Gasteiger partial charge in [-0.25, -0.2) is 5.10 Å². The third-order valence-corrected chi connectivity index (χ3v) is 18.5. The molecule has 1 aliphatic rings. The highest BCUT2D eigenvalue weighted by molar-refractivity contribution is 5.98. The molecular formula is C76H121N19O15. The molecule has 0 unspecified atom stereocenters. The number of aryl methyl sites for hydroxylation is 1. The number of aromatic nitrogens is 5. The van der Waals surface area contributed by atoms with Crippen LogP contribution in [0.15, 0.2) is 60.8 Å². The number of rotatable bonds is 48. The van der Waals surface area contributed by atoms with E-state index in [0.717, 1.165) is 48.8 Å². The first-order valence-corrected chi connectivity index (χ1v) is 39.2. The fourth-order valence-corrected chi connectivity index (χ4v) is 12.3. The van der Waals surface area contributed by atoms with Gasteiger partial charge in [-0.2, -0.15) is 0 Å². The number of para-hydroxylation sites is 1. The van der Waals surface area contributed by atoms with Gasteiger partial charge in [0.15, 0.2) is 11.7 Å². The topological polar surface area (TPSA) is 503 Å². The first-order chi connectivity index (χ1) is 53.3. The number of ketones is 1. The lowest BCUT2D eigenvalue weighted by Crippen LogP contribution is -2.61. The number of nitrogens with one attached hydrogen (secondary N) is 14. The van der Waals surface area contributed by atoms with E-state index in [1.54, 1.807) is 36.5 Å². The molecule has 0 radical (unpaired) electrons. The summed E-state index contributed by atoms with van der Waals surface area (Å²) >= 11 is 0. The molecule has 7 atom stereocenters. The van der Waals surface area contributed by atoms with Crippen LogP contribution in [0.2, 0.25) is 0 Å². The SMILES string of the molecule is CCCC[C@H](NC(=O)COCCOCCNC(=O)COCCOCCNC(=O)CCCCCCCCCCCCCCCc1nnn[nH]1)C(=O)N[C@H]1CCC(=O)NCCCC[C@@H](C(C)=O)NC(=O)[C@H](Cc2c[nH]c3ccccc23)NC(=O)[C@H](CCCNC(=N)N)NC(=O)[C@@H](Cc2ccccc2)NC(=O)[C@H](CN)NC1=O. The molecule has 2 aromatic heterocycles. The van der Waals surface area contributed by atoms with Gasteiger partial charge in [-0.3, -0.25) is 58.1 Å². The number of nitrogens with two attached hydrogens (primary N) is 2. The number of hydrogen-bond acceptors (Lipinski definition) is 20. The molecule has 0 aliphatic carbocycles.